The van der Waals surface area contributed by atoms with Crippen molar-refractivity contribution < 1.29 is 8.78 Å². The van der Waals surface area contributed by atoms with Crippen LogP contribution in [0.5, 0.6) is 0 Å². The Hall–Kier alpha value is -1.97. The molecule has 1 aromatic carbocycles. The van der Waals surface area contributed by atoms with Crippen LogP contribution < -0.4 is 4.90 Å². The van der Waals surface area contributed by atoms with Gasteiger partial charge in [0, 0.05) is 48.2 Å². The van der Waals surface area contributed by atoms with Gasteiger partial charge in [-0.15, -0.1) is 0 Å². The van der Waals surface area contributed by atoms with Crippen molar-refractivity contribution in [1.82, 2.24) is 4.98 Å². The first-order chi connectivity index (χ1) is 11.2. The molecule has 1 aliphatic carbocycles. The van der Waals surface area contributed by atoms with Crippen molar-refractivity contribution in [3.8, 4) is 0 Å². The normalized spacial score (nSPS) is 19.1. The lowest BCUT2D eigenvalue weighted by Gasteiger charge is -2.34. The maximum Gasteiger partial charge on any atom is 0.132 e. The van der Waals surface area contributed by atoms with Crippen LogP contribution in [0.15, 0.2) is 36.7 Å². The Morgan fingerprint density at radius 3 is 2.70 bits per heavy atom. The molecule has 0 atom stereocenters. The third kappa shape index (κ3) is 2.50. The van der Waals surface area contributed by atoms with Gasteiger partial charge < -0.3 is 4.90 Å². The summed E-state index contributed by atoms with van der Waals surface area (Å²) in [7, 11) is 0. The van der Waals surface area contributed by atoms with Crippen LogP contribution in [0.1, 0.15) is 43.2 Å². The van der Waals surface area contributed by atoms with Crippen molar-refractivity contribution >= 4 is 5.69 Å². The summed E-state index contributed by atoms with van der Waals surface area (Å²) >= 11 is 0. The van der Waals surface area contributed by atoms with E-state index in [0.29, 0.717) is 6.54 Å². The zero-order chi connectivity index (χ0) is 15.9. The van der Waals surface area contributed by atoms with Gasteiger partial charge in [0.1, 0.15) is 11.6 Å². The summed E-state index contributed by atoms with van der Waals surface area (Å²) < 4.78 is 28.4. The fourth-order valence-corrected chi connectivity index (χ4v) is 4.35. The van der Waals surface area contributed by atoms with Crippen LogP contribution >= 0.6 is 0 Å². The molecule has 0 bridgehead atoms. The number of hydrogen-bond acceptors (Lipinski definition) is 2. The predicted octanol–water partition coefficient (Wildman–Crippen LogP) is 4.58. The van der Waals surface area contributed by atoms with Crippen molar-refractivity contribution in [2.45, 2.75) is 44.1 Å². The van der Waals surface area contributed by atoms with Gasteiger partial charge >= 0.3 is 0 Å². The lowest BCUT2D eigenvalue weighted by molar-refractivity contribution is 0.302. The van der Waals surface area contributed by atoms with Crippen LogP contribution in [0.25, 0.3) is 0 Å². The van der Waals surface area contributed by atoms with Crippen molar-refractivity contribution in [3.05, 3.63) is 59.4 Å². The van der Waals surface area contributed by atoms with Gasteiger partial charge in [0.25, 0.3) is 0 Å². The molecule has 4 rings (SSSR count). The zero-order valence-corrected chi connectivity index (χ0v) is 13.1. The highest BCUT2D eigenvalue weighted by atomic mass is 19.1. The first-order valence-corrected chi connectivity index (χ1v) is 8.31. The molecule has 1 saturated carbocycles. The second-order valence-corrected chi connectivity index (χ2v) is 6.84. The van der Waals surface area contributed by atoms with E-state index in [1.807, 2.05) is 18.3 Å². The standard InChI is InChI=1S/C19H20F2N2/c20-15-9-16(21)18-17(10-15)23(12-14-5-4-8-22-11-14)13-19(18)6-2-1-3-7-19/h4-5,8-11H,1-3,6-7,12-13H2. The van der Waals surface area contributed by atoms with E-state index in [2.05, 4.69) is 9.88 Å². The third-order valence-corrected chi connectivity index (χ3v) is 5.31. The summed E-state index contributed by atoms with van der Waals surface area (Å²) in [4.78, 5) is 6.28. The summed E-state index contributed by atoms with van der Waals surface area (Å²) in [6.45, 7) is 1.42. The average Bonchev–Trinajstić information content (AvgIpc) is 2.82. The van der Waals surface area contributed by atoms with E-state index in [4.69, 9.17) is 0 Å². The van der Waals surface area contributed by atoms with E-state index >= 15 is 0 Å². The topological polar surface area (TPSA) is 16.1 Å². The minimum Gasteiger partial charge on any atom is -0.366 e. The largest absolute Gasteiger partial charge is 0.366 e. The van der Waals surface area contributed by atoms with Crippen LogP contribution in [0.2, 0.25) is 0 Å². The molecule has 2 aromatic rings. The summed E-state index contributed by atoms with van der Waals surface area (Å²) in [6, 6.07) is 6.45. The maximum absolute atomic E-state index is 14.6. The van der Waals surface area contributed by atoms with Crippen LogP contribution in [-0.2, 0) is 12.0 Å². The molecule has 120 valence electrons. The van der Waals surface area contributed by atoms with Crippen molar-refractivity contribution in [2.24, 2.45) is 0 Å². The summed E-state index contributed by atoms with van der Waals surface area (Å²) in [5.74, 6) is -0.874. The lowest BCUT2D eigenvalue weighted by Crippen LogP contribution is -2.35. The molecule has 0 unspecified atom stereocenters. The minimum atomic E-state index is -0.495. The molecular formula is C19H20F2N2. The number of halogens is 2. The van der Waals surface area contributed by atoms with E-state index < -0.39 is 5.82 Å². The summed E-state index contributed by atoms with van der Waals surface area (Å²) in [5, 5.41) is 0. The molecule has 1 aromatic heterocycles. The van der Waals surface area contributed by atoms with Gasteiger partial charge in [0.15, 0.2) is 0 Å². The Labute approximate surface area is 135 Å². The highest BCUT2D eigenvalue weighted by Gasteiger charge is 2.45. The average molecular weight is 314 g/mol. The Morgan fingerprint density at radius 1 is 1.13 bits per heavy atom. The van der Waals surface area contributed by atoms with E-state index in [1.54, 1.807) is 6.20 Å². The number of aromatic nitrogens is 1. The van der Waals surface area contributed by atoms with Crippen LogP contribution in [0, 0.1) is 11.6 Å². The molecule has 2 aliphatic rings. The SMILES string of the molecule is Fc1cc(F)c2c(c1)N(Cc1cccnc1)CC21CCCCC1. The Balaban J connectivity index is 1.76. The van der Waals surface area contributed by atoms with Crippen LogP contribution in [0.3, 0.4) is 0 Å². The molecule has 2 heterocycles. The molecular weight excluding hydrogens is 294 g/mol. The fraction of sp³-hybridized carbons (Fsp3) is 0.421. The van der Waals surface area contributed by atoms with Gasteiger partial charge in [-0.1, -0.05) is 25.3 Å². The number of anilines is 1. The van der Waals surface area contributed by atoms with Crippen LogP contribution in [0.4, 0.5) is 14.5 Å². The zero-order valence-electron chi connectivity index (χ0n) is 13.1. The van der Waals surface area contributed by atoms with Gasteiger partial charge in [-0.2, -0.15) is 0 Å². The van der Waals surface area contributed by atoms with Crippen molar-refractivity contribution in [1.29, 1.82) is 0 Å². The summed E-state index contributed by atoms with van der Waals surface area (Å²) in [6.07, 6.45) is 9.00. The third-order valence-electron chi connectivity index (χ3n) is 5.31. The van der Waals surface area contributed by atoms with Crippen molar-refractivity contribution in [2.75, 3.05) is 11.4 Å². The molecule has 0 radical (unpaired) electrons. The number of benzene rings is 1. The Bertz CT molecular complexity index is 709. The molecule has 23 heavy (non-hydrogen) atoms. The Morgan fingerprint density at radius 2 is 1.96 bits per heavy atom. The monoisotopic (exact) mass is 314 g/mol. The number of fused-ring (bicyclic) bond motifs is 2. The van der Waals surface area contributed by atoms with E-state index in [-0.39, 0.29) is 11.2 Å². The first kappa shape index (κ1) is 14.6. The van der Waals surface area contributed by atoms with Gasteiger partial charge in [-0.05, 0) is 30.5 Å². The minimum absolute atomic E-state index is 0.145. The second-order valence-electron chi connectivity index (χ2n) is 6.84. The number of nitrogens with zero attached hydrogens (tertiary/aromatic N) is 2. The van der Waals surface area contributed by atoms with Gasteiger partial charge in [0.05, 0.1) is 0 Å². The maximum atomic E-state index is 14.6. The number of rotatable bonds is 2. The fourth-order valence-electron chi connectivity index (χ4n) is 4.35. The molecule has 1 fully saturated rings. The van der Waals surface area contributed by atoms with Gasteiger partial charge in [0.2, 0.25) is 0 Å². The molecule has 0 saturated heterocycles. The van der Waals surface area contributed by atoms with Crippen LogP contribution in [-0.4, -0.2) is 11.5 Å². The highest BCUT2D eigenvalue weighted by molar-refractivity contribution is 5.63. The molecule has 2 nitrogen and oxygen atoms in total. The Kier molecular flexibility index (Phi) is 3.55. The quantitative estimate of drug-likeness (QED) is 0.806. The molecule has 1 aliphatic heterocycles. The van der Waals surface area contributed by atoms with Gasteiger partial charge in [-0.3, -0.25) is 4.98 Å². The molecule has 0 amide bonds. The second kappa shape index (κ2) is 5.59. The van der Waals surface area contributed by atoms with Crippen molar-refractivity contribution in [3.63, 3.8) is 0 Å². The molecule has 1 spiro atoms. The molecule has 0 N–H and O–H groups in total. The van der Waals surface area contributed by atoms with E-state index in [1.165, 1.54) is 12.5 Å². The number of pyridine rings is 1. The lowest BCUT2D eigenvalue weighted by atomic mass is 9.70. The highest BCUT2D eigenvalue weighted by Crippen LogP contribution is 2.50. The predicted molar refractivity (Wildman–Crippen MR) is 86.4 cm³/mol. The smallest absolute Gasteiger partial charge is 0.132 e. The van der Waals surface area contributed by atoms with Gasteiger partial charge in [-0.25, -0.2) is 8.78 Å². The number of hydrogen-bond donors (Lipinski definition) is 0. The van der Waals surface area contributed by atoms with E-state index in [9.17, 15) is 8.78 Å². The molecule has 4 heteroatoms. The van der Waals surface area contributed by atoms with E-state index in [0.717, 1.165) is 55.1 Å². The summed E-state index contributed by atoms with van der Waals surface area (Å²) in [5.41, 5.74) is 2.39. The first-order valence-electron chi connectivity index (χ1n) is 8.31.